The largest absolute Gasteiger partial charge is 0.309 e. The van der Waals surface area contributed by atoms with E-state index >= 15 is 0 Å². The normalized spacial score (nSPS) is 19.9. The Balaban J connectivity index is 1.36. The molecule has 258 valence electrons. The summed E-state index contributed by atoms with van der Waals surface area (Å²) in [5.74, 6) is -3.17. The van der Waals surface area contributed by atoms with Crippen LogP contribution in [-0.4, -0.2) is 19.5 Å². The van der Waals surface area contributed by atoms with Gasteiger partial charge in [0, 0.05) is 33.2 Å². The molecule has 0 saturated heterocycles. The number of benzene rings is 8. The highest BCUT2D eigenvalue weighted by Gasteiger charge is 2.16. The predicted molar refractivity (Wildman–Crippen MR) is 227 cm³/mol. The van der Waals surface area contributed by atoms with Crippen LogP contribution >= 0.6 is 0 Å². The lowest BCUT2D eigenvalue weighted by atomic mass is 10.0. The van der Waals surface area contributed by atoms with Crippen molar-refractivity contribution in [3.63, 3.8) is 0 Å². The van der Waals surface area contributed by atoms with Crippen molar-refractivity contribution >= 4 is 21.8 Å². The molecule has 0 aliphatic rings. The van der Waals surface area contributed by atoms with Crippen molar-refractivity contribution in [1.29, 1.82) is 0 Å². The Hall–Kier alpha value is -7.43. The number of hydrogen-bond donors (Lipinski definition) is 0. The van der Waals surface area contributed by atoms with Crippen LogP contribution in [-0.2, 0) is 0 Å². The van der Waals surface area contributed by atoms with Gasteiger partial charge in [0.15, 0.2) is 17.5 Å². The first-order valence-corrected chi connectivity index (χ1v) is 15.8. The van der Waals surface area contributed by atoms with Gasteiger partial charge in [0.05, 0.1) is 57.6 Å². The van der Waals surface area contributed by atoms with E-state index in [0.29, 0.717) is 4.57 Å². The minimum absolute atomic E-state index is 0.633. The highest BCUT2D eigenvalue weighted by molar-refractivity contribution is 6.10. The molecule has 10 aromatic rings. The van der Waals surface area contributed by atoms with Crippen molar-refractivity contribution in [2.75, 3.05) is 0 Å². The molecule has 0 bridgehead atoms. The van der Waals surface area contributed by atoms with Crippen molar-refractivity contribution in [3.8, 4) is 73.2 Å². The van der Waals surface area contributed by atoms with E-state index in [9.17, 15) is 12.3 Å². The van der Waals surface area contributed by atoms with Crippen molar-refractivity contribution in [3.05, 3.63) is 205 Å². The van der Waals surface area contributed by atoms with Gasteiger partial charge in [-0.25, -0.2) is 15.0 Å². The third kappa shape index (κ3) is 6.16. The van der Waals surface area contributed by atoms with Crippen LogP contribution in [0.4, 0.5) is 0 Å². The van der Waals surface area contributed by atoms with Gasteiger partial charge in [-0.2, -0.15) is 0 Å². The lowest BCUT2D eigenvalue weighted by Gasteiger charge is -2.12. The van der Waals surface area contributed by atoms with E-state index in [4.69, 9.17) is 34.3 Å². The predicted octanol–water partition coefficient (Wildman–Crippen LogP) is 13.0. The Morgan fingerprint density at radius 2 is 0.691 bits per heavy atom. The summed E-state index contributed by atoms with van der Waals surface area (Å²) >= 11 is 0. The van der Waals surface area contributed by atoms with E-state index in [1.54, 1.807) is 0 Å². The van der Waals surface area contributed by atoms with Crippen LogP contribution < -0.4 is 0 Å². The lowest BCUT2D eigenvalue weighted by molar-refractivity contribution is 1.07. The number of para-hydroxylation sites is 1. The maximum Gasteiger partial charge on any atom is 0.164 e. The summed E-state index contributed by atoms with van der Waals surface area (Å²) in [7, 11) is 0. The zero-order valence-corrected chi connectivity index (χ0v) is 27.3. The molecule has 0 spiro atoms. The molecule has 4 nitrogen and oxygen atoms in total. The summed E-state index contributed by atoms with van der Waals surface area (Å²) in [5, 5.41) is -1.28. The van der Waals surface area contributed by atoms with Crippen molar-refractivity contribution in [1.82, 2.24) is 19.5 Å². The average Bonchev–Trinajstić information content (AvgIpc) is 1.59. The van der Waals surface area contributed by atoms with E-state index in [-0.39, 0.29) is 0 Å². The standard InChI is InChI=1S/C51H34N4/c1-4-14-35(15-5-1)39-20-12-22-42(32-39)50-52-49(53-51(54-50)43-23-13-21-40(33-43)36-16-6-2-7-17-36)38-26-29-44(30-27-38)55-47-25-11-10-24-45(47)46-34-41(28-31-48(46)55)37-18-8-3-9-19-37/h1-34H/i1D,2D,3D,4D,5D,6D,7D,8D,9D,10D,11D,12D,13D,14D,15D,16D,17D,18D,19D,20D,21D,22D,23D,24D,25D,26D,27D,28D,29D,30D,31D,32D,33D,34D. The average molecular weight is 737 g/mol. The SMILES string of the molecule is [2H]c1c([2H])c([2H])c(-c2c([2H])c([2H])c([2H])c(-c3nc(-c4c([2H])c([2H])c(-n5c6c([2H])c([2H])c([2H])c([2H])c6c6c([2H])c(-c7c([2H])c([2H])c([2H])c([2H])c7[2H])c([2H])c([2H])c65)c([2H])c4[2H])nc(-c4c([2H])c([2H])c([2H])c(-c5c([2H])c([2H])c([2H])c([2H])c5[2H])c4[2H])n3)c2[2H])c([2H])c1[2H]. The van der Waals surface area contributed by atoms with Crippen LogP contribution in [0.5, 0.6) is 0 Å². The molecular weight excluding hydrogens is 669 g/mol. The number of rotatable bonds is 7. The summed E-state index contributed by atoms with van der Waals surface area (Å²) in [6.07, 6.45) is 0. The molecule has 0 fully saturated rings. The highest BCUT2D eigenvalue weighted by atomic mass is 15.0. The van der Waals surface area contributed by atoms with E-state index in [1.807, 2.05) is 0 Å². The van der Waals surface area contributed by atoms with Crippen LogP contribution in [0.25, 0.3) is 95.0 Å². The van der Waals surface area contributed by atoms with Gasteiger partial charge in [0.2, 0.25) is 0 Å². The Labute approximate surface area is 367 Å². The second-order valence-corrected chi connectivity index (χ2v) is 11.1. The summed E-state index contributed by atoms with van der Waals surface area (Å²) in [6, 6.07) is -34.4. The summed E-state index contributed by atoms with van der Waals surface area (Å²) in [6.45, 7) is 0. The third-order valence-electron chi connectivity index (χ3n) is 7.80. The van der Waals surface area contributed by atoms with E-state index in [0.717, 1.165) is 0 Å². The van der Waals surface area contributed by atoms with Gasteiger partial charge in [-0.05, 0) is 87.8 Å². The van der Waals surface area contributed by atoms with Crippen molar-refractivity contribution < 1.29 is 46.6 Å². The van der Waals surface area contributed by atoms with Gasteiger partial charge < -0.3 is 4.57 Å². The third-order valence-corrected chi connectivity index (χ3v) is 7.80. The van der Waals surface area contributed by atoms with Crippen molar-refractivity contribution in [2.45, 2.75) is 0 Å². The molecule has 0 aliphatic heterocycles. The fraction of sp³-hybridized carbons (Fsp3) is 0. The van der Waals surface area contributed by atoms with Gasteiger partial charge >= 0.3 is 0 Å². The van der Waals surface area contributed by atoms with Gasteiger partial charge in [0.1, 0.15) is 0 Å². The van der Waals surface area contributed by atoms with Crippen LogP contribution in [0.15, 0.2) is 205 Å². The molecule has 0 N–H and O–H groups in total. The summed E-state index contributed by atoms with van der Waals surface area (Å²) in [5.41, 5.74) is -10.3. The quantitative estimate of drug-likeness (QED) is 0.164. The fourth-order valence-corrected chi connectivity index (χ4v) is 5.39. The molecule has 2 heterocycles. The smallest absolute Gasteiger partial charge is 0.164 e. The van der Waals surface area contributed by atoms with Gasteiger partial charge in [0.25, 0.3) is 0 Å². The molecule has 10 rings (SSSR count). The number of aromatic nitrogens is 4. The minimum atomic E-state index is -1.21. The van der Waals surface area contributed by atoms with Gasteiger partial charge in [-0.1, -0.05) is 151 Å². The zero-order valence-electron chi connectivity index (χ0n) is 61.3. The van der Waals surface area contributed by atoms with E-state index in [2.05, 4.69) is 15.0 Å². The Bertz CT molecular complexity index is 4690. The monoisotopic (exact) mass is 736 g/mol. The van der Waals surface area contributed by atoms with Crippen LogP contribution in [0.2, 0.25) is 0 Å². The van der Waals surface area contributed by atoms with Crippen LogP contribution in [0.1, 0.15) is 46.6 Å². The molecule has 8 aromatic carbocycles. The van der Waals surface area contributed by atoms with Gasteiger partial charge in [-0.3, -0.25) is 0 Å². The molecule has 2 aromatic heterocycles. The maximum atomic E-state index is 9.64. The first-order valence-electron chi connectivity index (χ1n) is 32.8. The van der Waals surface area contributed by atoms with E-state index < -0.39 is 300 Å². The second kappa shape index (κ2) is 13.8. The number of nitrogens with zero attached hydrogens (tertiary/aromatic N) is 4. The lowest BCUT2D eigenvalue weighted by Crippen LogP contribution is -2.01. The molecule has 4 heteroatoms. The first kappa shape index (κ1) is 12.6. The summed E-state index contributed by atoms with van der Waals surface area (Å²) < 4.78 is 302. The Morgan fingerprint density at radius 1 is 0.291 bits per heavy atom. The Kier molecular flexibility index (Phi) is 3.17. The van der Waals surface area contributed by atoms with Crippen LogP contribution in [0.3, 0.4) is 0 Å². The molecule has 0 atom stereocenters. The Morgan fingerprint density at radius 3 is 1.24 bits per heavy atom. The van der Waals surface area contributed by atoms with Crippen LogP contribution in [0, 0.1) is 0 Å². The number of fused-ring (bicyclic) bond motifs is 3. The second-order valence-electron chi connectivity index (χ2n) is 11.1. The topological polar surface area (TPSA) is 43.6 Å². The maximum absolute atomic E-state index is 9.64. The zero-order chi connectivity index (χ0) is 66.1. The molecule has 0 saturated carbocycles. The molecule has 0 radical (unpaired) electrons. The number of hydrogen-bond acceptors (Lipinski definition) is 3. The fourth-order valence-electron chi connectivity index (χ4n) is 5.39. The molecule has 0 aliphatic carbocycles. The van der Waals surface area contributed by atoms with Gasteiger partial charge in [-0.15, -0.1) is 0 Å². The molecule has 0 amide bonds. The van der Waals surface area contributed by atoms with Crippen molar-refractivity contribution in [2.24, 2.45) is 0 Å². The molecule has 0 unspecified atom stereocenters. The minimum Gasteiger partial charge on any atom is -0.309 e. The molecular formula is C51H34N4. The highest BCUT2D eigenvalue weighted by Crippen LogP contribution is 2.36. The first-order chi connectivity index (χ1) is 41.4. The summed E-state index contributed by atoms with van der Waals surface area (Å²) in [4.78, 5) is 12.9. The van der Waals surface area contributed by atoms with E-state index in [1.165, 1.54) is 0 Å². The molecule has 55 heavy (non-hydrogen) atoms.